The lowest BCUT2D eigenvalue weighted by Gasteiger charge is -2.25. The van der Waals surface area contributed by atoms with Crippen LogP contribution < -0.4 is 10.6 Å². The molecule has 2 aromatic carbocycles. The summed E-state index contributed by atoms with van der Waals surface area (Å²) < 4.78 is 13.2. The van der Waals surface area contributed by atoms with E-state index < -0.39 is 11.8 Å². The van der Waals surface area contributed by atoms with Gasteiger partial charge in [0.25, 0.3) is 0 Å². The van der Waals surface area contributed by atoms with Crippen molar-refractivity contribution in [3.8, 4) is 0 Å². The van der Waals surface area contributed by atoms with Crippen LogP contribution in [0.4, 0.5) is 14.9 Å². The largest absolute Gasteiger partial charge is 0.334 e. The van der Waals surface area contributed by atoms with Crippen LogP contribution in [0.25, 0.3) is 0 Å². The Morgan fingerprint density at radius 1 is 1.27 bits per heavy atom. The molecule has 5 nitrogen and oxygen atoms in total. The quantitative estimate of drug-likeness (QED) is 0.849. The molecule has 1 aliphatic rings. The van der Waals surface area contributed by atoms with Crippen molar-refractivity contribution in [2.45, 2.75) is 25.4 Å². The molecule has 2 unspecified atom stereocenters. The highest BCUT2D eigenvalue weighted by Crippen LogP contribution is 2.25. The van der Waals surface area contributed by atoms with Gasteiger partial charge in [-0.3, -0.25) is 4.79 Å². The molecule has 2 N–H and O–H groups in total. The summed E-state index contributed by atoms with van der Waals surface area (Å²) in [6.07, 6.45) is 0.245. The summed E-state index contributed by atoms with van der Waals surface area (Å²) in [5.41, 5.74) is 1.43. The Morgan fingerprint density at radius 3 is 2.69 bits per heavy atom. The molecule has 1 heterocycles. The van der Waals surface area contributed by atoms with Crippen LogP contribution in [0.1, 0.15) is 24.9 Å². The van der Waals surface area contributed by atoms with Gasteiger partial charge in [-0.05, 0) is 30.7 Å². The van der Waals surface area contributed by atoms with Gasteiger partial charge in [0.15, 0.2) is 0 Å². The topological polar surface area (TPSA) is 61.4 Å². The Bertz CT molecular complexity index is 816. The minimum absolute atomic E-state index is 0.00326. The van der Waals surface area contributed by atoms with Crippen molar-refractivity contribution in [3.63, 3.8) is 0 Å². The number of halogens is 2. The zero-order valence-electron chi connectivity index (χ0n) is 14.2. The molecule has 0 spiro atoms. The van der Waals surface area contributed by atoms with Gasteiger partial charge < -0.3 is 15.5 Å². The molecule has 0 saturated carbocycles. The van der Waals surface area contributed by atoms with Crippen LogP contribution in [-0.2, 0) is 4.79 Å². The van der Waals surface area contributed by atoms with Crippen LogP contribution in [0, 0.1) is 5.82 Å². The van der Waals surface area contributed by atoms with Gasteiger partial charge in [-0.25, -0.2) is 9.18 Å². The molecule has 0 radical (unpaired) electrons. The Balaban J connectivity index is 1.58. The van der Waals surface area contributed by atoms with Gasteiger partial charge in [0.1, 0.15) is 5.82 Å². The maximum absolute atomic E-state index is 13.2. The number of rotatable bonds is 4. The van der Waals surface area contributed by atoms with E-state index in [1.54, 1.807) is 4.90 Å². The number of carbonyl (C=O) groups is 2. The molecule has 0 bridgehead atoms. The van der Waals surface area contributed by atoms with Gasteiger partial charge in [0.05, 0.1) is 17.1 Å². The molecule has 0 aromatic heterocycles. The van der Waals surface area contributed by atoms with E-state index >= 15 is 0 Å². The third-order valence-electron chi connectivity index (χ3n) is 4.42. The Kier molecular flexibility index (Phi) is 5.42. The van der Waals surface area contributed by atoms with Gasteiger partial charge in [-0.1, -0.05) is 41.9 Å². The molecule has 1 aliphatic heterocycles. The molecule has 0 aliphatic carbocycles. The second kappa shape index (κ2) is 7.74. The number of urea groups is 1. The smallest absolute Gasteiger partial charge is 0.319 e. The molecule has 26 heavy (non-hydrogen) atoms. The van der Waals surface area contributed by atoms with Crippen LogP contribution in [0.3, 0.4) is 0 Å². The lowest BCUT2D eigenvalue weighted by atomic mass is 10.1. The first kappa shape index (κ1) is 18.2. The highest BCUT2D eigenvalue weighted by molar-refractivity contribution is 6.31. The van der Waals surface area contributed by atoms with Gasteiger partial charge >= 0.3 is 6.03 Å². The molecule has 7 heteroatoms. The fraction of sp³-hybridized carbons (Fsp3) is 0.263. The van der Waals surface area contributed by atoms with E-state index in [-0.39, 0.29) is 29.4 Å². The van der Waals surface area contributed by atoms with Gasteiger partial charge in [0.2, 0.25) is 5.91 Å². The van der Waals surface area contributed by atoms with E-state index in [0.29, 0.717) is 12.2 Å². The fourth-order valence-electron chi connectivity index (χ4n) is 3.04. The number of anilines is 1. The van der Waals surface area contributed by atoms with E-state index in [1.165, 1.54) is 18.2 Å². The Hall–Kier alpha value is -2.60. The van der Waals surface area contributed by atoms with E-state index in [2.05, 4.69) is 10.6 Å². The van der Waals surface area contributed by atoms with Crippen molar-refractivity contribution < 1.29 is 14.0 Å². The van der Waals surface area contributed by atoms with E-state index in [4.69, 9.17) is 11.6 Å². The predicted octanol–water partition coefficient (Wildman–Crippen LogP) is 3.96. The summed E-state index contributed by atoms with van der Waals surface area (Å²) in [6.45, 7) is 2.41. The zero-order valence-corrected chi connectivity index (χ0v) is 15.0. The number of hydrogen-bond donors (Lipinski definition) is 2. The molecular formula is C19H19ClFN3O2. The number of benzene rings is 2. The summed E-state index contributed by atoms with van der Waals surface area (Å²) in [5, 5.41) is 5.31. The van der Waals surface area contributed by atoms with Gasteiger partial charge in [0, 0.05) is 18.7 Å². The van der Waals surface area contributed by atoms with Gasteiger partial charge in [-0.2, -0.15) is 0 Å². The molecular weight excluding hydrogens is 357 g/mol. The number of likely N-dealkylation sites (tertiary alicyclic amines) is 1. The molecule has 136 valence electrons. The second-order valence-electron chi connectivity index (χ2n) is 6.26. The normalized spacial score (nSPS) is 17.9. The summed E-state index contributed by atoms with van der Waals surface area (Å²) in [5.74, 6) is -0.555. The molecule has 2 aromatic rings. The lowest BCUT2D eigenvalue weighted by Crippen LogP contribution is -2.40. The van der Waals surface area contributed by atoms with Crippen molar-refractivity contribution in [3.05, 3.63) is 64.9 Å². The summed E-state index contributed by atoms with van der Waals surface area (Å²) in [7, 11) is 0. The average molecular weight is 376 g/mol. The minimum atomic E-state index is -0.551. The molecule has 1 fully saturated rings. The van der Waals surface area contributed by atoms with Crippen molar-refractivity contribution in [2.24, 2.45) is 0 Å². The van der Waals surface area contributed by atoms with Crippen molar-refractivity contribution >= 4 is 29.2 Å². The van der Waals surface area contributed by atoms with Crippen LogP contribution >= 0.6 is 11.6 Å². The summed E-state index contributed by atoms with van der Waals surface area (Å²) >= 11 is 5.70. The third-order valence-corrected chi connectivity index (χ3v) is 4.71. The standard InChI is InChI=1S/C19H19ClFN3O2/c1-12(13-5-3-2-4-6-13)24-11-15(10-18(24)25)23-19(26)22-14-7-8-17(21)16(20)9-14/h2-9,12,15H,10-11H2,1H3,(H2,22,23,26). The van der Waals surface area contributed by atoms with Crippen LogP contribution in [0.15, 0.2) is 48.5 Å². The molecule has 3 amide bonds. The number of carbonyl (C=O) groups excluding carboxylic acids is 2. The summed E-state index contributed by atoms with van der Waals surface area (Å²) in [6, 6.07) is 12.9. The highest BCUT2D eigenvalue weighted by atomic mass is 35.5. The van der Waals surface area contributed by atoms with Crippen LogP contribution in [-0.4, -0.2) is 29.4 Å². The first-order chi connectivity index (χ1) is 12.4. The van der Waals surface area contributed by atoms with E-state index in [1.807, 2.05) is 37.3 Å². The van der Waals surface area contributed by atoms with Crippen molar-refractivity contribution in [1.82, 2.24) is 10.2 Å². The predicted molar refractivity (Wildman–Crippen MR) is 98.5 cm³/mol. The number of nitrogens with zero attached hydrogens (tertiary/aromatic N) is 1. The SMILES string of the molecule is CC(c1ccccc1)N1CC(NC(=O)Nc2ccc(F)c(Cl)c2)CC1=O. The molecule has 2 atom stereocenters. The number of nitrogens with one attached hydrogen (secondary N) is 2. The van der Waals surface area contributed by atoms with Crippen LogP contribution in [0.5, 0.6) is 0 Å². The fourth-order valence-corrected chi connectivity index (χ4v) is 3.22. The third kappa shape index (κ3) is 4.14. The average Bonchev–Trinajstić information content (AvgIpc) is 2.98. The monoisotopic (exact) mass is 375 g/mol. The zero-order chi connectivity index (χ0) is 18.7. The maximum atomic E-state index is 13.2. The lowest BCUT2D eigenvalue weighted by molar-refractivity contribution is -0.129. The number of hydrogen-bond acceptors (Lipinski definition) is 2. The first-order valence-electron chi connectivity index (χ1n) is 8.31. The maximum Gasteiger partial charge on any atom is 0.319 e. The number of amides is 3. The molecule has 3 rings (SSSR count). The second-order valence-corrected chi connectivity index (χ2v) is 6.67. The van der Waals surface area contributed by atoms with Crippen LogP contribution in [0.2, 0.25) is 5.02 Å². The van der Waals surface area contributed by atoms with Crippen molar-refractivity contribution in [1.29, 1.82) is 0 Å². The minimum Gasteiger partial charge on any atom is -0.334 e. The highest BCUT2D eigenvalue weighted by Gasteiger charge is 2.33. The Morgan fingerprint density at radius 2 is 2.00 bits per heavy atom. The summed E-state index contributed by atoms with van der Waals surface area (Å²) in [4.78, 5) is 26.2. The van der Waals surface area contributed by atoms with Gasteiger partial charge in [-0.15, -0.1) is 0 Å². The first-order valence-corrected chi connectivity index (χ1v) is 8.69. The van der Waals surface area contributed by atoms with E-state index in [0.717, 1.165) is 5.56 Å². The Labute approximate surface area is 156 Å². The van der Waals surface area contributed by atoms with E-state index in [9.17, 15) is 14.0 Å². The van der Waals surface area contributed by atoms with Crippen molar-refractivity contribution in [2.75, 3.05) is 11.9 Å². The molecule has 1 saturated heterocycles.